The Labute approximate surface area is 100 Å². The van der Waals surface area contributed by atoms with Crippen LogP contribution in [0.1, 0.15) is 20.3 Å². The Hall–Kier alpha value is -0.160. The van der Waals surface area contributed by atoms with Crippen LogP contribution in [0.4, 0.5) is 0 Å². The lowest BCUT2D eigenvalue weighted by atomic mass is 10.3. The molecule has 0 aliphatic carbocycles. The summed E-state index contributed by atoms with van der Waals surface area (Å²) in [6.45, 7) is 10.2. The van der Waals surface area contributed by atoms with Gasteiger partial charge in [-0.05, 0) is 6.42 Å². The molecule has 16 heavy (non-hydrogen) atoms. The van der Waals surface area contributed by atoms with Gasteiger partial charge in [0.1, 0.15) is 0 Å². The zero-order valence-electron chi connectivity index (χ0n) is 11.3. The molecular weight excluding hydrogens is 204 g/mol. The van der Waals surface area contributed by atoms with Crippen molar-refractivity contribution in [3.05, 3.63) is 0 Å². The van der Waals surface area contributed by atoms with Crippen molar-refractivity contribution in [3.8, 4) is 0 Å². The number of methoxy groups -OCH3 is 2. The van der Waals surface area contributed by atoms with Gasteiger partial charge in [-0.1, -0.05) is 13.8 Å². The molecule has 0 bridgehead atoms. The van der Waals surface area contributed by atoms with Gasteiger partial charge in [0.2, 0.25) is 0 Å². The maximum Gasteiger partial charge on any atom is 0.0589 e. The Bertz CT molecular complexity index is 143. The van der Waals surface area contributed by atoms with E-state index >= 15 is 0 Å². The van der Waals surface area contributed by atoms with Crippen LogP contribution in [0.5, 0.6) is 0 Å². The molecule has 0 aliphatic rings. The molecule has 0 rings (SSSR count). The largest absolute Gasteiger partial charge is 0.385 e. The molecule has 0 fully saturated rings. The minimum absolute atomic E-state index is 0.559. The van der Waals surface area contributed by atoms with E-state index in [4.69, 9.17) is 9.47 Å². The number of hydrogen-bond acceptors (Lipinski definition) is 4. The van der Waals surface area contributed by atoms with Crippen molar-refractivity contribution in [2.75, 3.05) is 53.6 Å². The second-order valence-corrected chi connectivity index (χ2v) is 4.29. The minimum atomic E-state index is 0.559. The predicted octanol–water partition coefficient (Wildman–Crippen LogP) is 0.969. The first-order valence-corrected chi connectivity index (χ1v) is 6.14. The fourth-order valence-electron chi connectivity index (χ4n) is 1.50. The first-order valence-electron chi connectivity index (χ1n) is 6.14. The van der Waals surface area contributed by atoms with Crippen LogP contribution >= 0.6 is 0 Å². The van der Waals surface area contributed by atoms with Gasteiger partial charge in [-0.2, -0.15) is 0 Å². The van der Waals surface area contributed by atoms with E-state index in [-0.39, 0.29) is 0 Å². The van der Waals surface area contributed by atoms with Gasteiger partial charge in [0.15, 0.2) is 0 Å². The van der Waals surface area contributed by atoms with Crippen LogP contribution < -0.4 is 5.32 Å². The molecule has 0 aromatic heterocycles. The van der Waals surface area contributed by atoms with Gasteiger partial charge in [0.05, 0.1) is 6.61 Å². The SMILES string of the molecule is COCCCN(CCNC(C)C)CCOC. The topological polar surface area (TPSA) is 33.7 Å². The molecule has 98 valence electrons. The van der Waals surface area contributed by atoms with Crippen molar-refractivity contribution < 1.29 is 9.47 Å². The third-order valence-electron chi connectivity index (χ3n) is 2.42. The fourth-order valence-corrected chi connectivity index (χ4v) is 1.50. The van der Waals surface area contributed by atoms with Crippen LogP contribution in [0, 0.1) is 0 Å². The van der Waals surface area contributed by atoms with Gasteiger partial charge in [0.25, 0.3) is 0 Å². The molecule has 0 saturated heterocycles. The summed E-state index contributed by atoms with van der Waals surface area (Å²) in [4.78, 5) is 2.41. The highest BCUT2D eigenvalue weighted by Crippen LogP contribution is 1.92. The summed E-state index contributed by atoms with van der Waals surface area (Å²) in [7, 11) is 3.50. The van der Waals surface area contributed by atoms with Crippen LogP contribution in [0.15, 0.2) is 0 Å². The summed E-state index contributed by atoms with van der Waals surface area (Å²) in [5, 5.41) is 3.43. The summed E-state index contributed by atoms with van der Waals surface area (Å²) in [6.07, 6.45) is 1.09. The molecule has 4 heteroatoms. The lowest BCUT2D eigenvalue weighted by Crippen LogP contribution is -2.37. The quantitative estimate of drug-likeness (QED) is 0.538. The predicted molar refractivity (Wildman–Crippen MR) is 67.9 cm³/mol. The average Bonchev–Trinajstić information content (AvgIpc) is 2.25. The van der Waals surface area contributed by atoms with Gasteiger partial charge < -0.3 is 14.8 Å². The van der Waals surface area contributed by atoms with Gasteiger partial charge >= 0.3 is 0 Å². The number of hydrogen-bond donors (Lipinski definition) is 1. The Morgan fingerprint density at radius 3 is 2.25 bits per heavy atom. The maximum atomic E-state index is 5.11. The van der Waals surface area contributed by atoms with Crippen molar-refractivity contribution in [1.29, 1.82) is 0 Å². The van der Waals surface area contributed by atoms with Gasteiger partial charge in [0, 0.05) is 53.0 Å². The number of nitrogens with zero attached hydrogens (tertiary/aromatic N) is 1. The second kappa shape index (κ2) is 11.3. The highest BCUT2D eigenvalue weighted by Gasteiger charge is 2.04. The molecule has 0 atom stereocenters. The van der Waals surface area contributed by atoms with E-state index < -0.39 is 0 Å². The number of ether oxygens (including phenoxy) is 2. The third kappa shape index (κ3) is 10.4. The van der Waals surface area contributed by atoms with Crippen molar-refractivity contribution in [2.24, 2.45) is 0 Å². The number of nitrogens with one attached hydrogen (secondary N) is 1. The summed E-state index contributed by atoms with van der Waals surface area (Å²) in [5.74, 6) is 0. The molecule has 0 spiro atoms. The molecule has 0 unspecified atom stereocenters. The minimum Gasteiger partial charge on any atom is -0.385 e. The van der Waals surface area contributed by atoms with Crippen LogP contribution in [0.3, 0.4) is 0 Å². The Morgan fingerprint density at radius 1 is 1.00 bits per heavy atom. The van der Waals surface area contributed by atoms with E-state index in [9.17, 15) is 0 Å². The highest BCUT2D eigenvalue weighted by atomic mass is 16.5. The zero-order chi connectivity index (χ0) is 12.2. The second-order valence-electron chi connectivity index (χ2n) is 4.29. The summed E-state index contributed by atoms with van der Waals surface area (Å²) < 4.78 is 10.2. The molecular formula is C12H28N2O2. The summed E-state index contributed by atoms with van der Waals surface area (Å²) >= 11 is 0. The summed E-state index contributed by atoms with van der Waals surface area (Å²) in [5.41, 5.74) is 0. The van der Waals surface area contributed by atoms with E-state index in [1.807, 2.05) is 0 Å². The molecule has 0 amide bonds. The zero-order valence-corrected chi connectivity index (χ0v) is 11.3. The Morgan fingerprint density at radius 2 is 1.69 bits per heavy atom. The Balaban J connectivity index is 3.62. The maximum absolute atomic E-state index is 5.11. The summed E-state index contributed by atoms with van der Waals surface area (Å²) in [6, 6.07) is 0.559. The molecule has 0 radical (unpaired) electrons. The molecule has 0 heterocycles. The van der Waals surface area contributed by atoms with Crippen molar-refractivity contribution in [3.63, 3.8) is 0 Å². The highest BCUT2D eigenvalue weighted by molar-refractivity contribution is 4.61. The normalized spacial score (nSPS) is 11.6. The monoisotopic (exact) mass is 232 g/mol. The van der Waals surface area contributed by atoms with Crippen LogP contribution in [0.25, 0.3) is 0 Å². The smallest absolute Gasteiger partial charge is 0.0589 e. The van der Waals surface area contributed by atoms with Crippen LogP contribution in [0.2, 0.25) is 0 Å². The van der Waals surface area contributed by atoms with Crippen molar-refractivity contribution in [2.45, 2.75) is 26.3 Å². The molecule has 0 aromatic carbocycles. The lowest BCUT2D eigenvalue weighted by Gasteiger charge is -2.22. The average molecular weight is 232 g/mol. The fraction of sp³-hybridized carbons (Fsp3) is 1.00. The molecule has 0 aliphatic heterocycles. The van der Waals surface area contributed by atoms with Crippen molar-refractivity contribution in [1.82, 2.24) is 10.2 Å². The van der Waals surface area contributed by atoms with E-state index in [2.05, 4.69) is 24.1 Å². The van der Waals surface area contributed by atoms with E-state index in [1.165, 1.54) is 0 Å². The Kier molecular flexibility index (Phi) is 11.2. The first-order chi connectivity index (χ1) is 7.70. The molecule has 1 N–H and O–H groups in total. The van der Waals surface area contributed by atoms with E-state index in [0.717, 1.165) is 45.8 Å². The van der Waals surface area contributed by atoms with Gasteiger partial charge in [-0.3, -0.25) is 4.90 Å². The van der Waals surface area contributed by atoms with Crippen LogP contribution in [-0.4, -0.2) is 64.6 Å². The van der Waals surface area contributed by atoms with Gasteiger partial charge in [-0.15, -0.1) is 0 Å². The lowest BCUT2D eigenvalue weighted by molar-refractivity contribution is 0.133. The standard InChI is InChI=1S/C12H28N2O2/c1-12(2)13-6-8-14(9-11-16-4)7-5-10-15-3/h12-13H,5-11H2,1-4H3. The van der Waals surface area contributed by atoms with Crippen molar-refractivity contribution >= 4 is 0 Å². The van der Waals surface area contributed by atoms with E-state index in [0.29, 0.717) is 6.04 Å². The first kappa shape index (κ1) is 15.8. The molecule has 4 nitrogen and oxygen atoms in total. The third-order valence-corrected chi connectivity index (χ3v) is 2.42. The van der Waals surface area contributed by atoms with Crippen LogP contribution in [-0.2, 0) is 9.47 Å². The molecule has 0 saturated carbocycles. The van der Waals surface area contributed by atoms with E-state index in [1.54, 1.807) is 14.2 Å². The van der Waals surface area contributed by atoms with Gasteiger partial charge in [-0.25, -0.2) is 0 Å². The number of rotatable bonds is 11. The molecule has 0 aromatic rings.